The van der Waals surface area contributed by atoms with Crippen LogP contribution in [0.4, 0.5) is 24.9 Å². The number of aryl methyl sites for hydroxylation is 1. The van der Waals surface area contributed by atoms with E-state index >= 15 is 0 Å². The summed E-state index contributed by atoms with van der Waals surface area (Å²) in [6, 6.07) is 2.01. The summed E-state index contributed by atoms with van der Waals surface area (Å²) in [7, 11) is 1.66. The number of carbonyl (C=O) groups excluding carboxylic acids is 1. The van der Waals surface area contributed by atoms with Crippen LogP contribution in [0.15, 0.2) is 18.5 Å². The number of halogens is 3. The fourth-order valence-electron chi connectivity index (χ4n) is 3.53. The second-order valence-corrected chi connectivity index (χ2v) is 8.43. The highest BCUT2D eigenvalue weighted by Gasteiger charge is 2.38. The highest BCUT2D eigenvalue weighted by atomic mass is 19.4. The second kappa shape index (κ2) is 11.3. The third-order valence-electron chi connectivity index (χ3n) is 5.81. The van der Waals surface area contributed by atoms with Gasteiger partial charge in [-0.2, -0.15) is 13.2 Å². The molecule has 2 aliphatic rings. The van der Waals surface area contributed by atoms with Crippen molar-refractivity contribution < 1.29 is 27.9 Å². The van der Waals surface area contributed by atoms with Crippen LogP contribution in [0.25, 0.3) is 0 Å². The number of alkyl halides is 3. The van der Waals surface area contributed by atoms with Crippen LogP contribution in [0.2, 0.25) is 0 Å². The van der Waals surface area contributed by atoms with Crippen LogP contribution in [0, 0.1) is 5.92 Å². The van der Waals surface area contributed by atoms with Crippen LogP contribution >= 0.6 is 0 Å². The van der Waals surface area contributed by atoms with E-state index in [1.165, 1.54) is 12.8 Å². The summed E-state index contributed by atoms with van der Waals surface area (Å²) >= 11 is 0. The van der Waals surface area contributed by atoms with Gasteiger partial charge in [-0.05, 0) is 48.8 Å². The standard InChI is InChI=1S/C21H28N6O.C2HF3O2/c1-3-14-11-24-21(25-12-14)27-8-6-16-10-17(20(28)22-2)19(23-13-15-4-5-15)26-18(16)7-9-27;3-2(4,5)1(6)7/h10-12,15H,3-9,13H2,1-2H3,(H,22,28)(H,23,26);(H,6,7). The molecule has 35 heavy (non-hydrogen) atoms. The molecule has 3 N–H and O–H groups in total. The Kier molecular flexibility index (Phi) is 8.47. The average molecular weight is 495 g/mol. The fraction of sp³-hybridized carbons (Fsp3) is 0.522. The molecule has 0 spiro atoms. The molecule has 0 saturated heterocycles. The monoisotopic (exact) mass is 494 g/mol. The lowest BCUT2D eigenvalue weighted by Crippen LogP contribution is -2.27. The Bertz CT molecular complexity index is 1040. The lowest BCUT2D eigenvalue weighted by molar-refractivity contribution is -0.192. The molecule has 3 heterocycles. The van der Waals surface area contributed by atoms with Gasteiger partial charge in [0.2, 0.25) is 5.95 Å². The molecular formula is C23H29F3N6O3. The van der Waals surface area contributed by atoms with Gasteiger partial charge in [-0.1, -0.05) is 6.92 Å². The van der Waals surface area contributed by atoms with E-state index in [9.17, 15) is 18.0 Å². The number of amides is 1. The Hall–Kier alpha value is -3.44. The van der Waals surface area contributed by atoms with Gasteiger partial charge in [0.1, 0.15) is 5.82 Å². The highest BCUT2D eigenvalue weighted by Crippen LogP contribution is 2.30. The molecule has 1 amide bonds. The van der Waals surface area contributed by atoms with E-state index in [0.717, 1.165) is 67.6 Å². The molecule has 1 fully saturated rings. The molecule has 0 radical (unpaired) electrons. The lowest BCUT2D eigenvalue weighted by atomic mass is 10.1. The minimum absolute atomic E-state index is 0.0896. The van der Waals surface area contributed by atoms with Crippen molar-refractivity contribution in [2.45, 2.75) is 45.2 Å². The number of hydrogen-bond acceptors (Lipinski definition) is 7. The first-order chi connectivity index (χ1) is 16.6. The van der Waals surface area contributed by atoms with Crippen LogP contribution < -0.4 is 15.5 Å². The third-order valence-corrected chi connectivity index (χ3v) is 5.81. The van der Waals surface area contributed by atoms with Crippen LogP contribution in [0.3, 0.4) is 0 Å². The van der Waals surface area contributed by atoms with E-state index in [4.69, 9.17) is 14.9 Å². The Morgan fingerprint density at radius 2 is 1.80 bits per heavy atom. The van der Waals surface area contributed by atoms with Gasteiger partial charge in [0.05, 0.1) is 5.56 Å². The van der Waals surface area contributed by atoms with E-state index in [0.29, 0.717) is 11.4 Å². The number of carbonyl (C=O) groups is 2. The molecule has 0 unspecified atom stereocenters. The topological polar surface area (TPSA) is 120 Å². The predicted molar refractivity (Wildman–Crippen MR) is 124 cm³/mol. The molecule has 4 rings (SSSR count). The SMILES string of the molecule is CCc1cnc(N2CCc3cc(C(=O)NC)c(NCC4CC4)nc3CC2)nc1.O=C(O)C(F)(F)F. The average Bonchev–Trinajstić information content (AvgIpc) is 3.68. The quantitative estimate of drug-likeness (QED) is 0.561. The maximum absolute atomic E-state index is 12.4. The fourth-order valence-corrected chi connectivity index (χ4v) is 3.53. The summed E-state index contributed by atoms with van der Waals surface area (Å²) in [5.74, 6) is -0.650. The van der Waals surface area contributed by atoms with E-state index in [2.05, 4.69) is 32.4 Å². The molecule has 190 valence electrons. The largest absolute Gasteiger partial charge is 0.490 e. The van der Waals surface area contributed by atoms with Crippen molar-refractivity contribution >= 4 is 23.6 Å². The zero-order chi connectivity index (χ0) is 25.6. The molecule has 12 heteroatoms. The number of hydrogen-bond donors (Lipinski definition) is 3. The van der Waals surface area contributed by atoms with Crippen molar-refractivity contribution in [2.75, 3.05) is 36.9 Å². The first-order valence-electron chi connectivity index (χ1n) is 11.5. The van der Waals surface area contributed by atoms with Crippen LogP contribution in [0.5, 0.6) is 0 Å². The van der Waals surface area contributed by atoms with Crippen LogP contribution in [-0.4, -0.2) is 64.8 Å². The van der Waals surface area contributed by atoms with Gasteiger partial charge in [-0.15, -0.1) is 0 Å². The maximum atomic E-state index is 12.4. The number of anilines is 2. The summed E-state index contributed by atoms with van der Waals surface area (Å²) in [5, 5.41) is 13.3. The minimum atomic E-state index is -5.08. The number of nitrogens with one attached hydrogen (secondary N) is 2. The number of fused-ring (bicyclic) bond motifs is 1. The van der Waals surface area contributed by atoms with Gasteiger partial charge in [0.25, 0.3) is 5.91 Å². The Balaban J connectivity index is 0.000000429. The van der Waals surface area contributed by atoms with Gasteiger partial charge in [0.15, 0.2) is 0 Å². The zero-order valence-corrected chi connectivity index (χ0v) is 19.7. The van der Waals surface area contributed by atoms with Crippen molar-refractivity contribution in [3.63, 3.8) is 0 Å². The van der Waals surface area contributed by atoms with Crippen LogP contribution in [-0.2, 0) is 24.1 Å². The molecule has 2 aromatic rings. The number of aromatic nitrogens is 3. The molecule has 1 aliphatic heterocycles. The number of nitrogens with zero attached hydrogens (tertiary/aromatic N) is 4. The smallest absolute Gasteiger partial charge is 0.475 e. The second-order valence-electron chi connectivity index (χ2n) is 8.43. The van der Waals surface area contributed by atoms with Gasteiger partial charge >= 0.3 is 12.1 Å². The van der Waals surface area contributed by atoms with Gasteiger partial charge in [-0.3, -0.25) is 4.79 Å². The Morgan fingerprint density at radius 1 is 1.17 bits per heavy atom. The highest BCUT2D eigenvalue weighted by molar-refractivity contribution is 5.98. The lowest BCUT2D eigenvalue weighted by Gasteiger charge is -2.19. The maximum Gasteiger partial charge on any atom is 0.490 e. The van der Waals surface area contributed by atoms with Gasteiger partial charge in [0, 0.05) is 51.2 Å². The van der Waals surface area contributed by atoms with Gasteiger partial charge < -0.3 is 20.6 Å². The number of aliphatic carboxylic acids is 1. The van der Waals surface area contributed by atoms with E-state index in [1.807, 2.05) is 18.5 Å². The molecular weight excluding hydrogens is 465 g/mol. The first-order valence-corrected chi connectivity index (χ1v) is 11.5. The van der Waals surface area contributed by atoms with Crippen molar-refractivity contribution in [3.05, 3.63) is 40.8 Å². The molecule has 1 aliphatic carbocycles. The zero-order valence-electron chi connectivity index (χ0n) is 19.7. The number of carboxylic acid groups (broad SMARTS) is 1. The number of rotatable bonds is 6. The number of pyridine rings is 1. The molecule has 9 nitrogen and oxygen atoms in total. The summed E-state index contributed by atoms with van der Waals surface area (Å²) in [6.07, 6.45) is 3.84. The molecule has 0 atom stereocenters. The van der Waals surface area contributed by atoms with E-state index in [1.54, 1.807) is 7.05 Å². The van der Waals surface area contributed by atoms with Crippen molar-refractivity contribution in [2.24, 2.45) is 5.92 Å². The van der Waals surface area contributed by atoms with Gasteiger partial charge in [-0.25, -0.2) is 19.7 Å². The molecule has 0 aromatic carbocycles. The summed E-state index contributed by atoms with van der Waals surface area (Å²) in [6.45, 7) is 4.64. The minimum Gasteiger partial charge on any atom is -0.475 e. The molecule has 0 bridgehead atoms. The van der Waals surface area contributed by atoms with Crippen molar-refractivity contribution in [1.29, 1.82) is 0 Å². The summed E-state index contributed by atoms with van der Waals surface area (Å²) < 4.78 is 31.7. The van der Waals surface area contributed by atoms with Crippen LogP contribution in [0.1, 0.15) is 46.9 Å². The molecule has 1 saturated carbocycles. The summed E-state index contributed by atoms with van der Waals surface area (Å²) in [4.78, 5) is 37.4. The normalized spacial score (nSPS) is 15.3. The molecule has 2 aromatic heterocycles. The van der Waals surface area contributed by atoms with E-state index in [-0.39, 0.29) is 5.91 Å². The Labute approximate surface area is 201 Å². The van der Waals surface area contributed by atoms with Crippen molar-refractivity contribution in [3.8, 4) is 0 Å². The first kappa shape index (κ1) is 26.2. The third kappa shape index (κ3) is 7.27. The van der Waals surface area contributed by atoms with Crippen molar-refractivity contribution in [1.82, 2.24) is 20.3 Å². The van der Waals surface area contributed by atoms with E-state index < -0.39 is 12.1 Å². The predicted octanol–water partition coefficient (Wildman–Crippen LogP) is 2.85. The summed E-state index contributed by atoms with van der Waals surface area (Å²) in [5.41, 5.74) is 3.99. The Morgan fingerprint density at radius 3 is 2.34 bits per heavy atom. The number of carboxylic acids is 1.